The number of benzene rings is 3. The van der Waals surface area contributed by atoms with Gasteiger partial charge in [-0.3, -0.25) is 9.59 Å². The van der Waals surface area contributed by atoms with Crippen LogP contribution >= 0.6 is 0 Å². The van der Waals surface area contributed by atoms with Gasteiger partial charge in [0.15, 0.2) is 0 Å². The second-order valence-electron chi connectivity index (χ2n) is 9.02. The summed E-state index contributed by atoms with van der Waals surface area (Å²) in [7, 11) is 1.61. The molecule has 1 amide bonds. The van der Waals surface area contributed by atoms with Crippen molar-refractivity contribution in [3.63, 3.8) is 0 Å². The number of carbonyl (C=O) groups excluding carboxylic acids is 2. The van der Waals surface area contributed by atoms with Gasteiger partial charge in [-0.1, -0.05) is 12.1 Å². The first-order valence-electron chi connectivity index (χ1n) is 12.4. The number of H-pyrrole nitrogens is 1. The van der Waals surface area contributed by atoms with E-state index in [1.165, 1.54) is 17.0 Å². The zero-order valence-corrected chi connectivity index (χ0v) is 21.1. The van der Waals surface area contributed by atoms with Gasteiger partial charge in [-0.15, -0.1) is 0 Å². The highest BCUT2D eigenvalue weighted by Crippen LogP contribution is 2.40. The summed E-state index contributed by atoms with van der Waals surface area (Å²) in [6.45, 7) is 2.61. The van der Waals surface area contributed by atoms with E-state index < -0.39 is 17.7 Å². The summed E-state index contributed by atoms with van der Waals surface area (Å²) in [5.41, 5.74) is 2.92. The number of Topliss-reactive ketones (excluding diaryl/α,β-unsaturated/α-hetero) is 1. The van der Waals surface area contributed by atoms with Gasteiger partial charge in [-0.25, -0.2) is 0 Å². The van der Waals surface area contributed by atoms with Crippen molar-refractivity contribution in [2.24, 2.45) is 0 Å². The van der Waals surface area contributed by atoms with Crippen LogP contribution in [0.5, 0.6) is 17.2 Å². The molecule has 194 valence electrons. The molecule has 1 aliphatic heterocycles. The summed E-state index contributed by atoms with van der Waals surface area (Å²) in [5.74, 6) is -0.287. The third-order valence-electron chi connectivity index (χ3n) is 6.78. The molecule has 0 saturated carbocycles. The SMILES string of the molecule is CCOc1ccc(C(O)=C2C(=O)C(=O)N(CCc3c[nH]c4ccc(OC)cc34)[C@H]2c2ccc(O)cc2)cc1. The first-order valence-corrected chi connectivity index (χ1v) is 12.4. The lowest BCUT2D eigenvalue weighted by Crippen LogP contribution is -2.31. The molecule has 3 aromatic carbocycles. The van der Waals surface area contributed by atoms with Crippen LogP contribution in [0.4, 0.5) is 0 Å². The number of aliphatic hydroxyl groups excluding tert-OH is 1. The van der Waals surface area contributed by atoms with Gasteiger partial charge in [-0.2, -0.15) is 0 Å². The molecule has 38 heavy (non-hydrogen) atoms. The normalized spacial score (nSPS) is 16.8. The predicted octanol–water partition coefficient (Wildman–Crippen LogP) is 4.95. The Bertz CT molecular complexity index is 1520. The molecular formula is C30H28N2O6. The van der Waals surface area contributed by atoms with E-state index in [-0.39, 0.29) is 23.6 Å². The molecule has 0 unspecified atom stereocenters. The maximum Gasteiger partial charge on any atom is 0.295 e. The predicted molar refractivity (Wildman–Crippen MR) is 143 cm³/mol. The topological polar surface area (TPSA) is 112 Å². The van der Waals surface area contributed by atoms with Crippen LogP contribution in [-0.2, 0) is 16.0 Å². The fourth-order valence-electron chi connectivity index (χ4n) is 4.88. The minimum Gasteiger partial charge on any atom is -0.508 e. The Labute approximate surface area is 219 Å². The van der Waals surface area contributed by atoms with E-state index in [1.54, 1.807) is 43.5 Å². The molecule has 4 aromatic rings. The van der Waals surface area contributed by atoms with Crippen LogP contribution in [0, 0.1) is 0 Å². The van der Waals surface area contributed by atoms with E-state index in [0.29, 0.717) is 29.9 Å². The number of aliphatic hydroxyl groups is 1. The highest BCUT2D eigenvalue weighted by molar-refractivity contribution is 6.46. The van der Waals surface area contributed by atoms with Crippen molar-refractivity contribution in [1.82, 2.24) is 9.88 Å². The first-order chi connectivity index (χ1) is 18.4. The van der Waals surface area contributed by atoms with Gasteiger partial charge >= 0.3 is 0 Å². The van der Waals surface area contributed by atoms with Crippen LogP contribution < -0.4 is 9.47 Å². The number of aromatic hydroxyl groups is 1. The Morgan fingerprint density at radius 1 is 1.00 bits per heavy atom. The number of nitrogens with one attached hydrogen (secondary N) is 1. The Hall–Kier alpha value is -4.72. The molecule has 2 heterocycles. The van der Waals surface area contributed by atoms with Crippen molar-refractivity contribution in [3.05, 3.63) is 95.2 Å². The number of ketones is 1. The number of ether oxygens (including phenoxy) is 2. The molecule has 5 rings (SSSR count). The van der Waals surface area contributed by atoms with Crippen molar-refractivity contribution in [2.45, 2.75) is 19.4 Å². The number of carbonyl (C=O) groups is 2. The average molecular weight is 513 g/mol. The number of likely N-dealkylation sites (tertiary alicyclic amines) is 1. The van der Waals surface area contributed by atoms with Crippen LogP contribution in [0.1, 0.15) is 29.7 Å². The Morgan fingerprint density at radius 2 is 1.71 bits per heavy atom. The number of phenols is 1. The number of rotatable bonds is 8. The third kappa shape index (κ3) is 4.56. The second-order valence-corrected chi connectivity index (χ2v) is 9.02. The van der Waals surface area contributed by atoms with Gasteiger partial charge in [0.2, 0.25) is 0 Å². The molecule has 3 N–H and O–H groups in total. The Kier molecular flexibility index (Phi) is 6.79. The van der Waals surface area contributed by atoms with Crippen LogP contribution in [0.15, 0.2) is 78.5 Å². The minimum absolute atomic E-state index is 0.00504. The minimum atomic E-state index is -0.818. The van der Waals surface area contributed by atoms with E-state index in [2.05, 4.69) is 4.98 Å². The summed E-state index contributed by atoms with van der Waals surface area (Å²) >= 11 is 0. The molecular weight excluding hydrogens is 484 g/mol. The van der Waals surface area contributed by atoms with E-state index in [1.807, 2.05) is 31.3 Å². The van der Waals surface area contributed by atoms with Crippen LogP contribution in [0.3, 0.4) is 0 Å². The summed E-state index contributed by atoms with van der Waals surface area (Å²) in [4.78, 5) is 31.3. The van der Waals surface area contributed by atoms with Gasteiger partial charge in [0, 0.05) is 29.2 Å². The molecule has 1 aromatic heterocycles. The smallest absolute Gasteiger partial charge is 0.295 e. The van der Waals surface area contributed by atoms with Crippen LogP contribution in [0.25, 0.3) is 16.7 Å². The maximum atomic E-state index is 13.3. The van der Waals surface area contributed by atoms with Crippen molar-refractivity contribution in [2.75, 3.05) is 20.3 Å². The molecule has 1 fully saturated rings. The number of aromatic amines is 1. The number of hydrogen-bond donors (Lipinski definition) is 3. The van der Waals surface area contributed by atoms with Crippen molar-refractivity contribution in [3.8, 4) is 17.2 Å². The Morgan fingerprint density at radius 3 is 2.39 bits per heavy atom. The monoisotopic (exact) mass is 512 g/mol. The molecule has 1 atom stereocenters. The molecule has 0 radical (unpaired) electrons. The number of hydrogen-bond acceptors (Lipinski definition) is 6. The summed E-state index contributed by atoms with van der Waals surface area (Å²) in [5, 5.41) is 22.1. The van der Waals surface area contributed by atoms with Gasteiger partial charge in [0.25, 0.3) is 11.7 Å². The number of amides is 1. The van der Waals surface area contributed by atoms with Gasteiger partial charge in [0.1, 0.15) is 23.0 Å². The lowest BCUT2D eigenvalue weighted by molar-refractivity contribution is -0.139. The van der Waals surface area contributed by atoms with Gasteiger partial charge < -0.3 is 29.6 Å². The van der Waals surface area contributed by atoms with Crippen molar-refractivity contribution in [1.29, 1.82) is 0 Å². The first kappa shape index (κ1) is 25.0. The Balaban J connectivity index is 1.53. The fraction of sp³-hybridized carbons (Fsp3) is 0.200. The number of fused-ring (bicyclic) bond motifs is 1. The lowest BCUT2D eigenvalue weighted by Gasteiger charge is -2.25. The molecule has 8 heteroatoms. The van der Waals surface area contributed by atoms with E-state index in [9.17, 15) is 19.8 Å². The molecule has 1 saturated heterocycles. The van der Waals surface area contributed by atoms with Crippen LogP contribution in [0.2, 0.25) is 0 Å². The fourth-order valence-corrected chi connectivity index (χ4v) is 4.88. The zero-order valence-electron chi connectivity index (χ0n) is 21.1. The number of aromatic nitrogens is 1. The lowest BCUT2D eigenvalue weighted by atomic mass is 9.95. The average Bonchev–Trinajstić information content (AvgIpc) is 3.45. The highest BCUT2D eigenvalue weighted by Gasteiger charge is 2.45. The molecule has 0 bridgehead atoms. The van der Waals surface area contributed by atoms with Crippen LogP contribution in [-0.4, -0.2) is 52.0 Å². The molecule has 1 aliphatic rings. The number of phenolic OH excluding ortho intramolecular Hbond substituents is 1. The second kappa shape index (κ2) is 10.3. The largest absolute Gasteiger partial charge is 0.508 e. The summed E-state index contributed by atoms with van der Waals surface area (Å²) in [6, 6.07) is 17.9. The van der Waals surface area contributed by atoms with E-state index in [0.717, 1.165) is 22.2 Å². The summed E-state index contributed by atoms with van der Waals surface area (Å²) < 4.78 is 10.8. The number of methoxy groups -OCH3 is 1. The standard InChI is InChI=1S/C30H28N2O6/c1-3-38-22-10-6-19(7-11-22)28(34)26-27(18-4-8-21(33)9-5-18)32(30(36)29(26)35)15-14-20-17-31-25-13-12-23(37-2)16-24(20)25/h4-13,16-17,27,31,33-34H,3,14-15H2,1-2H3/t27-/m0/s1. The quantitative estimate of drug-likeness (QED) is 0.175. The van der Waals surface area contributed by atoms with Crippen molar-refractivity contribution >= 4 is 28.4 Å². The maximum absolute atomic E-state index is 13.3. The van der Waals surface area contributed by atoms with E-state index >= 15 is 0 Å². The van der Waals surface area contributed by atoms with E-state index in [4.69, 9.17) is 9.47 Å². The molecule has 0 spiro atoms. The number of nitrogens with zero attached hydrogens (tertiary/aromatic N) is 1. The molecule has 8 nitrogen and oxygen atoms in total. The molecule has 0 aliphatic carbocycles. The van der Waals surface area contributed by atoms with Crippen molar-refractivity contribution < 1.29 is 29.3 Å². The highest BCUT2D eigenvalue weighted by atomic mass is 16.5. The van der Waals surface area contributed by atoms with Gasteiger partial charge in [0.05, 0.1) is 25.3 Å². The summed E-state index contributed by atoms with van der Waals surface area (Å²) in [6.07, 6.45) is 2.36. The third-order valence-corrected chi connectivity index (χ3v) is 6.78. The van der Waals surface area contributed by atoms with Gasteiger partial charge in [-0.05, 0) is 79.1 Å². The zero-order chi connectivity index (χ0) is 26.8.